The van der Waals surface area contributed by atoms with Crippen LogP contribution in [-0.4, -0.2) is 12.5 Å². The van der Waals surface area contributed by atoms with Gasteiger partial charge in [-0.25, -0.2) is 0 Å². The summed E-state index contributed by atoms with van der Waals surface area (Å²) in [7, 11) is 0. The molecule has 0 fully saturated rings. The van der Waals surface area contributed by atoms with Gasteiger partial charge in [-0.05, 0) is 67.8 Å². The number of carbonyl (C=O) groups is 1. The van der Waals surface area contributed by atoms with Gasteiger partial charge in [0.25, 0.3) is 5.91 Å². The van der Waals surface area contributed by atoms with Crippen molar-refractivity contribution in [1.82, 2.24) is 0 Å². The third-order valence-corrected chi connectivity index (χ3v) is 3.90. The van der Waals surface area contributed by atoms with Crippen molar-refractivity contribution in [2.24, 2.45) is 0 Å². The first-order valence-corrected chi connectivity index (χ1v) is 8.21. The van der Waals surface area contributed by atoms with Crippen LogP contribution in [0.2, 0.25) is 0 Å². The number of anilines is 1. The SMILES string of the molecule is CCCCCOc1ccc(NC(=O)c2ccc(C)c(C)c2)cc1. The van der Waals surface area contributed by atoms with Crippen LogP contribution in [0, 0.1) is 13.8 Å². The average Bonchev–Trinajstić information content (AvgIpc) is 2.55. The second-order valence-electron chi connectivity index (χ2n) is 5.83. The highest BCUT2D eigenvalue weighted by atomic mass is 16.5. The van der Waals surface area contributed by atoms with Crippen LogP contribution in [0.15, 0.2) is 42.5 Å². The summed E-state index contributed by atoms with van der Waals surface area (Å²) in [6.45, 7) is 6.96. The molecule has 2 aromatic carbocycles. The highest BCUT2D eigenvalue weighted by Gasteiger charge is 2.07. The van der Waals surface area contributed by atoms with Crippen molar-refractivity contribution in [3.05, 3.63) is 59.2 Å². The highest BCUT2D eigenvalue weighted by Crippen LogP contribution is 2.17. The summed E-state index contributed by atoms with van der Waals surface area (Å²) in [6.07, 6.45) is 3.44. The van der Waals surface area contributed by atoms with Gasteiger partial charge in [-0.3, -0.25) is 4.79 Å². The molecule has 0 aliphatic heterocycles. The van der Waals surface area contributed by atoms with Crippen molar-refractivity contribution in [3.63, 3.8) is 0 Å². The molecule has 3 nitrogen and oxygen atoms in total. The summed E-state index contributed by atoms with van der Waals surface area (Å²) >= 11 is 0. The molecule has 23 heavy (non-hydrogen) atoms. The molecule has 1 amide bonds. The summed E-state index contributed by atoms with van der Waals surface area (Å²) in [5, 5.41) is 2.91. The molecule has 0 saturated heterocycles. The van der Waals surface area contributed by atoms with Gasteiger partial charge in [-0.15, -0.1) is 0 Å². The molecule has 1 N–H and O–H groups in total. The molecule has 2 rings (SSSR count). The van der Waals surface area contributed by atoms with Crippen molar-refractivity contribution in [2.45, 2.75) is 40.0 Å². The maximum Gasteiger partial charge on any atom is 0.255 e. The fourth-order valence-corrected chi connectivity index (χ4v) is 2.26. The molecule has 0 heterocycles. The van der Waals surface area contributed by atoms with Crippen molar-refractivity contribution in [1.29, 1.82) is 0 Å². The van der Waals surface area contributed by atoms with Crippen molar-refractivity contribution in [3.8, 4) is 5.75 Å². The number of carbonyl (C=O) groups excluding carboxylic acids is 1. The summed E-state index contributed by atoms with van der Waals surface area (Å²) in [5.74, 6) is 0.745. The van der Waals surface area contributed by atoms with E-state index in [2.05, 4.69) is 12.2 Å². The van der Waals surface area contributed by atoms with E-state index in [-0.39, 0.29) is 5.91 Å². The van der Waals surface area contributed by atoms with Crippen LogP contribution in [0.25, 0.3) is 0 Å². The van der Waals surface area contributed by atoms with E-state index in [9.17, 15) is 4.79 Å². The molecule has 0 saturated carbocycles. The Morgan fingerprint density at radius 3 is 2.39 bits per heavy atom. The lowest BCUT2D eigenvalue weighted by atomic mass is 10.1. The summed E-state index contributed by atoms with van der Waals surface area (Å²) < 4.78 is 5.67. The fourth-order valence-electron chi connectivity index (χ4n) is 2.26. The molecule has 0 aliphatic rings. The Morgan fingerprint density at radius 1 is 1.00 bits per heavy atom. The van der Waals surface area contributed by atoms with Crippen LogP contribution in [-0.2, 0) is 0 Å². The Balaban J connectivity index is 1.92. The molecule has 0 unspecified atom stereocenters. The monoisotopic (exact) mass is 311 g/mol. The second-order valence-corrected chi connectivity index (χ2v) is 5.83. The van der Waals surface area contributed by atoms with E-state index in [4.69, 9.17) is 4.74 Å². The quantitative estimate of drug-likeness (QED) is 0.720. The minimum atomic E-state index is -0.0929. The van der Waals surface area contributed by atoms with Crippen molar-refractivity contribution in [2.75, 3.05) is 11.9 Å². The first-order chi connectivity index (χ1) is 11.1. The topological polar surface area (TPSA) is 38.3 Å². The van der Waals surface area contributed by atoms with Crippen LogP contribution in [0.3, 0.4) is 0 Å². The minimum absolute atomic E-state index is 0.0929. The third kappa shape index (κ3) is 5.13. The first kappa shape index (κ1) is 17.1. The summed E-state index contributed by atoms with van der Waals surface area (Å²) in [6, 6.07) is 13.3. The van der Waals surface area contributed by atoms with Crippen LogP contribution in [0.4, 0.5) is 5.69 Å². The van der Waals surface area contributed by atoms with E-state index < -0.39 is 0 Å². The summed E-state index contributed by atoms with van der Waals surface area (Å²) in [5.41, 5.74) is 3.75. The number of rotatable bonds is 7. The number of aryl methyl sites for hydroxylation is 2. The highest BCUT2D eigenvalue weighted by molar-refractivity contribution is 6.04. The maximum atomic E-state index is 12.3. The standard InChI is InChI=1S/C20H25NO2/c1-4-5-6-13-23-19-11-9-18(10-12-19)21-20(22)17-8-7-15(2)16(3)14-17/h7-12,14H,4-6,13H2,1-3H3,(H,21,22). The van der Waals surface area contributed by atoms with E-state index in [1.807, 2.05) is 56.3 Å². The lowest BCUT2D eigenvalue weighted by Crippen LogP contribution is -2.12. The number of ether oxygens (including phenoxy) is 1. The molecule has 0 aliphatic carbocycles. The zero-order valence-electron chi connectivity index (χ0n) is 14.2. The Morgan fingerprint density at radius 2 is 1.74 bits per heavy atom. The molecular formula is C20H25NO2. The molecule has 0 atom stereocenters. The van der Waals surface area contributed by atoms with Gasteiger partial charge in [0.05, 0.1) is 6.61 Å². The van der Waals surface area contributed by atoms with Gasteiger partial charge in [0.15, 0.2) is 0 Å². The number of nitrogens with one attached hydrogen (secondary N) is 1. The smallest absolute Gasteiger partial charge is 0.255 e. The summed E-state index contributed by atoms with van der Waals surface area (Å²) in [4.78, 5) is 12.3. The Labute approximate surface area is 138 Å². The molecule has 2 aromatic rings. The van der Waals surface area contributed by atoms with E-state index in [1.165, 1.54) is 18.4 Å². The molecule has 0 aromatic heterocycles. The predicted molar refractivity (Wildman–Crippen MR) is 95.3 cm³/mol. The van der Waals surface area contributed by atoms with Gasteiger partial charge in [0.2, 0.25) is 0 Å². The largest absolute Gasteiger partial charge is 0.494 e. The van der Waals surface area contributed by atoms with Crippen LogP contribution >= 0.6 is 0 Å². The lowest BCUT2D eigenvalue weighted by Gasteiger charge is -2.09. The average molecular weight is 311 g/mol. The van der Waals surface area contributed by atoms with E-state index in [0.29, 0.717) is 5.56 Å². The number of benzene rings is 2. The third-order valence-electron chi connectivity index (χ3n) is 3.90. The number of hydrogen-bond donors (Lipinski definition) is 1. The molecule has 3 heteroatoms. The predicted octanol–water partition coefficient (Wildman–Crippen LogP) is 5.12. The number of amides is 1. The zero-order chi connectivity index (χ0) is 16.7. The van der Waals surface area contributed by atoms with Gasteiger partial charge in [-0.2, -0.15) is 0 Å². The van der Waals surface area contributed by atoms with E-state index in [1.54, 1.807) is 0 Å². The van der Waals surface area contributed by atoms with Gasteiger partial charge in [0, 0.05) is 11.3 Å². The lowest BCUT2D eigenvalue weighted by molar-refractivity contribution is 0.102. The van der Waals surface area contributed by atoms with Crippen LogP contribution in [0.1, 0.15) is 47.7 Å². The van der Waals surface area contributed by atoms with E-state index in [0.717, 1.165) is 30.0 Å². The number of unbranched alkanes of at least 4 members (excludes halogenated alkanes) is 2. The molecule has 0 bridgehead atoms. The first-order valence-electron chi connectivity index (χ1n) is 8.21. The van der Waals surface area contributed by atoms with Crippen molar-refractivity contribution >= 4 is 11.6 Å². The fraction of sp³-hybridized carbons (Fsp3) is 0.350. The van der Waals surface area contributed by atoms with Gasteiger partial charge in [-0.1, -0.05) is 25.8 Å². The molecular weight excluding hydrogens is 286 g/mol. The van der Waals surface area contributed by atoms with Gasteiger partial charge < -0.3 is 10.1 Å². The molecule has 0 spiro atoms. The second kappa shape index (κ2) is 8.37. The minimum Gasteiger partial charge on any atom is -0.494 e. The molecule has 122 valence electrons. The van der Waals surface area contributed by atoms with Gasteiger partial charge >= 0.3 is 0 Å². The zero-order valence-corrected chi connectivity index (χ0v) is 14.2. The Hall–Kier alpha value is -2.29. The van der Waals surface area contributed by atoms with Gasteiger partial charge in [0.1, 0.15) is 5.75 Å². The maximum absolute atomic E-state index is 12.3. The van der Waals surface area contributed by atoms with Crippen molar-refractivity contribution < 1.29 is 9.53 Å². The van der Waals surface area contributed by atoms with Crippen LogP contribution in [0.5, 0.6) is 5.75 Å². The Kier molecular flexibility index (Phi) is 6.21. The number of hydrogen-bond acceptors (Lipinski definition) is 2. The normalized spacial score (nSPS) is 10.4. The molecule has 0 radical (unpaired) electrons. The van der Waals surface area contributed by atoms with E-state index >= 15 is 0 Å². The van der Waals surface area contributed by atoms with Crippen LogP contribution < -0.4 is 10.1 Å². The Bertz CT molecular complexity index is 647.